The summed E-state index contributed by atoms with van der Waals surface area (Å²) in [5, 5.41) is 4.43. The summed E-state index contributed by atoms with van der Waals surface area (Å²) < 4.78 is 21.2. The molecule has 6 heteroatoms. The molecule has 0 aliphatic rings. The minimum absolute atomic E-state index is 0.0202. The first kappa shape index (κ1) is 15.4. The largest absolute Gasteiger partial charge is 0.486 e. The molecule has 1 unspecified atom stereocenters. The predicted molar refractivity (Wildman–Crippen MR) is 83.8 cm³/mol. The smallest absolute Gasteiger partial charge is 0.137 e. The lowest BCUT2D eigenvalue weighted by Gasteiger charge is -2.11. The first-order chi connectivity index (χ1) is 10.0. The maximum Gasteiger partial charge on any atom is 0.137 e. The maximum absolute atomic E-state index is 13.7. The number of nitrogens with zero attached hydrogens (tertiary/aromatic N) is 2. The van der Waals surface area contributed by atoms with Crippen LogP contribution < -0.4 is 10.5 Å². The number of rotatable bonds is 6. The van der Waals surface area contributed by atoms with E-state index in [1.807, 2.05) is 16.9 Å². The predicted octanol–water partition coefficient (Wildman–Crippen LogP) is 3.21. The molecule has 1 atom stereocenters. The first-order valence-electron chi connectivity index (χ1n) is 6.78. The van der Waals surface area contributed by atoms with Crippen molar-refractivity contribution in [2.24, 2.45) is 5.73 Å². The van der Waals surface area contributed by atoms with Crippen LogP contribution in [0.5, 0.6) is 5.75 Å². The Labute approximate surface area is 128 Å². The summed E-state index contributed by atoms with van der Waals surface area (Å²) in [7, 11) is 0. The Morgan fingerprint density at radius 3 is 2.90 bits per heavy atom. The lowest BCUT2D eigenvalue weighted by atomic mass is 10.2. The molecule has 1 heterocycles. The van der Waals surface area contributed by atoms with Crippen molar-refractivity contribution < 1.29 is 9.13 Å². The van der Waals surface area contributed by atoms with Crippen LogP contribution in [0.1, 0.15) is 37.6 Å². The second-order valence-electron chi connectivity index (χ2n) is 4.81. The number of halogens is 1. The number of hydrogen-bond donors (Lipinski definition) is 1. The van der Waals surface area contributed by atoms with Gasteiger partial charge in [-0.25, -0.2) is 4.39 Å². The van der Waals surface area contributed by atoms with Gasteiger partial charge in [-0.05, 0) is 31.5 Å². The Hall–Kier alpha value is -1.95. The van der Waals surface area contributed by atoms with Gasteiger partial charge in [-0.1, -0.05) is 25.2 Å². The third-order valence-electron chi connectivity index (χ3n) is 3.30. The van der Waals surface area contributed by atoms with Crippen molar-refractivity contribution in [3.63, 3.8) is 0 Å². The topological polar surface area (TPSA) is 53.1 Å². The van der Waals surface area contributed by atoms with Crippen LogP contribution in [-0.4, -0.2) is 14.8 Å². The van der Waals surface area contributed by atoms with E-state index in [-0.39, 0.29) is 17.2 Å². The average Bonchev–Trinajstić information content (AvgIpc) is 2.92. The summed E-state index contributed by atoms with van der Waals surface area (Å²) in [6.45, 7) is 4.43. The van der Waals surface area contributed by atoms with Crippen molar-refractivity contribution in [1.82, 2.24) is 9.78 Å². The fourth-order valence-electron chi connectivity index (χ4n) is 1.90. The van der Waals surface area contributed by atoms with E-state index in [1.165, 1.54) is 6.07 Å². The minimum Gasteiger partial charge on any atom is -0.486 e. The van der Waals surface area contributed by atoms with E-state index in [9.17, 15) is 4.39 Å². The molecule has 2 rings (SSSR count). The Morgan fingerprint density at radius 2 is 2.24 bits per heavy atom. The van der Waals surface area contributed by atoms with E-state index in [0.29, 0.717) is 11.8 Å². The number of aromatic nitrogens is 2. The molecule has 1 aromatic heterocycles. The first-order valence-corrected chi connectivity index (χ1v) is 7.19. The molecule has 0 radical (unpaired) electrons. The van der Waals surface area contributed by atoms with Crippen molar-refractivity contribution in [3.05, 3.63) is 47.5 Å². The summed E-state index contributed by atoms with van der Waals surface area (Å²) in [4.78, 5) is -0.0202. The Kier molecular flexibility index (Phi) is 4.90. The molecule has 0 fully saturated rings. The van der Waals surface area contributed by atoms with Crippen LogP contribution in [0.4, 0.5) is 4.39 Å². The molecule has 0 saturated heterocycles. The van der Waals surface area contributed by atoms with E-state index >= 15 is 0 Å². The second-order valence-corrected chi connectivity index (χ2v) is 5.25. The van der Waals surface area contributed by atoms with E-state index in [2.05, 4.69) is 18.9 Å². The van der Waals surface area contributed by atoms with Crippen molar-refractivity contribution in [2.75, 3.05) is 0 Å². The molecule has 2 N–H and O–H groups in total. The minimum atomic E-state index is -0.481. The van der Waals surface area contributed by atoms with E-state index < -0.39 is 5.82 Å². The summed E-state index contributed by atoms with van der Waals surface area (Å²) in [6.07, 6.45) is 2.91. The Morgan fingerprint density at radius 1 is 1.48 bits per heavy atom. The van der Waals surface area contributed by atoms with Crippen LogP contribution in [0.3, 0.4) is 0 Å². The highest BCUT2D eigenvalue weighted by atomic mass is 32.1. The number of hydrogen-bond acceptors (Lipinski definition) is 3. The zero-order valence-electron chi connectivity index (χ0n) is 12.0. The van der Waals surface area contributed by atoms with Gasteiger partial charge in [0.25, 0.3) is 0 Å². The molecular formula is C15H18FN3OS. The van der Waals surface area contributed by atoms with Gasteiger partial charge >= 0.3 is 0 Å². The SMILES string of the molecule is CCC(C)n1ccc(COc2cccc(F)c2C(N)=S)n1. The molecule has 21 heavy (non-hydrogen) atoms. The van der Waals surface area contributed by atoms with Crippen LogP contribution in [0.2, 0.25) is 0 Å². The summed E-state index contributed by atoms with van der Waals surface area (Å²) in [5.41, 5.74) is 6.44. The highest BCUT2D eigenvalue weighted by Gasteiger charge is 2.13. The van der Waals surface area contributed by atoms with Crippen LogP contribution >= 0.6 is 12.2 Å². The highest BCUT2D eigenvalue weighted by molar-refractivity contribution is 7.80. The van der Waals surface area contributed by atoms with Gasteiger partial charge in [-0.2, -0.15) is 5.10 Å². The molecule has 112 valence electrons. The third-order valence-corrected chi connectivity index (χ3v) is 3.51. The molecular weight excluding hydrogens is 289 g/mol. The summed E-state index contributed by atoms with van der Waals surface area (Å²) in [5.74, 6) is -0.147. The van der Waals surface area contributed by atoms with Crippen molar-refractivity contribution in [2.45, 2.75) is 32.9 Å². The van der Waals surface area contributed by atoms with Gasteiger partial charge in [-0.3, -0.25) is 4.68 Å². The fraction of sp³-hybridized carbons (Fsp3) is 0.333. The second kappa shape index (κ2) is 6.67. The van der Waals surface area contributed by atoms with Gasteiger partial charge < -0.3 is 10.5 Å². The molecule has 0 aliphatic carbocycles. The monoisotopic (exact) mass is 307 g/mol. The summed E-state index contributed by atoms with van der Waals surface area (Å²) >= 11 is 4.86. The Bertz CT molecular complexity index is 642. The lowest BCUT2D eigenvalue weighted by molar-refractivity contribution is 0.296. The number of nitrogens with two attached hydrogens (primary N) is 1. The molecule has 1 aromatic carbocycles. The number of benzene rings is 1. The summed E-state index contributed by atoms with van der Waals surface area (Å²) in [6, 6.07) is 6.72. The van der Waals surface area contributed by atoms with E-state index in [0.717, 1.165) is 12.1 Å². The molecule has 0 saturated carbocycles. The molecule has 0 aliphatic heterocycles. The van der Waals surface area contributed by atoms with Crippen molar-refractivity contribution >= 4 is 17.2 Å². The molecule has 0 spiro atoms. The van der Waals surface area contributed by atoms with Crippen LogP contribution in [0.15, 0.2) is 30.5 Å². The highest BCUT2D eigenvalue weighted by Crippen LogP contribution is 2.22. The molecule has 4 nitrogen and oxygen atoms in total. The normalized spacial score (nSPS) is 12.1. The molecule has 0 bridgehead atoms. The zero-order chi connectivity index (χ0) is 15.4. The van der Waals surface area contributed by atoms with E-state index in [4.69, 9.17) is 22.7 Å². The zero-order valence-corrected chi connectivity index (χ0v) is 12.9. The molecule has 0 amide bonds. The van der Waals surface area contributed by atoms with Crippen LogP contribution in [0.25, 0.3) is 0 Å². The van der Waals surface area contributed by atoms with Gasteiger partial charge in [0, 0.05) is 12.2 Å². The van der Waals surface area contributed by atoms with E-state index in [1.54, 1.807) is 12.1 Å². The van der Waals surface area contributed by atoms with Crippen molar-refractivity contribution in [1.29, 1.82) is 0 Å². The third kappa shape index (κ3) is 3.58. The van der Waals surface area contributed by atoms with Gasteiger partial charge in [0.15, 0.2) is 0 Å². The Balaban J connectivity index is 2.12. The quantitative estimate of drug-likeness (QED) is 0.833. The van der Waals surface area contributed by atoms with Crippen molar-refractivity contribution in [3.8, 4) is 5.75 Å². The fourth-order valence-corrected chi connectivity index (χ4v) is 2.10. The van der Waals surface area contributed by atoms with Crippen LogP contribution in [-0.2, 0) is 6.61 Å². The number of ether oxygens (including phenoxy) is 1. The lowest BCUT2D eigenvalue weighted by Crippen LogP contribution is -2.14. The maximum atomic E-state index is 13.7. The molecule has 2 aromatic rings. The van der Waals surface area contributed by atoms with Gasteiger partial charge in [-0.15, -0.1) is 0 Å². The van der Waals surface area contributed by atoms with Crippen LogP contribution in [0, 0.1) is 5.82 Å². The van der Waals surface area contributed by atoms with Gasteiger partial charge in [0.2, 0.25) is 0 Å². The van der Waals surface area contributed by atoms with Gasteiger partial charge in [0.05, 0.1) is 11.3 Å². The average molecular weight is 307 g/mol. The standard InChI is InChI=1S/C15H18FN3OS/c1-3-10(2)19-8-7-11(18-19)9-20-13-6-4-5-12(16)14(13)15(17)21/h4-8,10H,3,9H2,1-2H3,(H2,17,21). The number of thiocarbonyl (C=S) groups is 1. The van der Waals surface area contributed by atoms with Gasteiger partial charge in [0.1, 0.15) is 23.2 Å².